The molecule has 134 valence electrons. The fraction of sp³-hybridized carbons (Fsp3) is 0.0435. The molecule has 0 unspecified atom stereocenters. The minimum absolute atomic E-state index is 0.0183. The first kappa shape index (κ1) is 18.7. The van der Waals surface area contributed by atoms with Crippen LogP contribution >= 0.6 is 11.8 Å². The van der Waals surface area contributed by atoms with Crippen molar-refractivity contribution in [3.63, 3.8) is 0 Å². The molecule has 4 heteroatoms. The molecular formula is C23H19NO2S. The zero-order chi connectivity index (χ0) is 19.2. The molecule has 0 atom stereocenters. The summed E-state index contributed by atoms with van der Waals surface area (Å²) in [4.78, 5) is 26.2. The summed E-state index contributed by atoms with van der Waals surface area (Å²) in [6, 6.07) is 24.4. The van der Waals surface area contributed by atoms with Gasteiger partial charge >= 0.3 is 0 Å². The average Bonchev–Trinajstić information content (AvgIpc) is 2.70. The highest BCUT2D eigenvalue weighted by molar-refractivity contribution is 7.99. The van der Waals surface area contributed by atoms with E-state index in [1.807, 2.05) is 78.9 Å². The number of carbonyl (C=O) groups is 2. The Morgan fingerprint density at radius 1 is 0.778 bits per heavy atom. The number of amides is 1. The molecular weight excluding hydrogens is 354 g/mol. The van der Waals surface area contributed by atoms with Gasteiger partial charge in [0.05, 0.1) is 0 Å². The van der Waals surface area contributed by atoms with Gasteiger partial charge in [0, 0.05) is 32.2 Å². The second kappa shape index (κ2) is 8.52. The largest absolute Gasteiger partial charge is 0.322 e. The Morgan fingerprint density at radius 3 is 1.85 bits per heavy atom. The molecule has 3 aromatic carbocycles. The highest BCUT2D eigenvalue weighted by atomic mass is 32.2. The second-order valence-corrected chi connectivity index (χ2v) is 7.23. The van der Waals surface area contributed by atoms with Crippen LogP contribution in [0.2, 0.25) is 0 Å². The van der Waals surface area contributed by atoms with Gasteiger partial charge in [0.25, 0.3) is 5.91 Å². The van der Waals surface area contributed by atoms with Gasteiger partial charge < -0.3 is 5.32 Å². The maximum absolute atomic E-state index is 12.4. The quantitative estimate of drug-likeness (QED) is 0.453. The molecule has 0 heterocycles. The van der Waals surface area contributed by atoms with Crippen LogP contribution in [0.1, 0.15) is 22.8 Å². The van der Waals surface area contributed by atoms with Crippen LogP contribution in [-0.4, -0.2) is 11.7 Å². The lowest BCUT2D eigenvalue weighted by Gasteiger charge is -2.07. The molecule has 0 saturated carbocycles. The van der Waals surface area contributed by atoms with Crippen molar-refractivity contribution in [2.24, 2.45) is 0 Å². The van der Waals surface area contributed by atoms with Crippen molar-refractivity contribution in [1.29, 1.82) is 0 Å². The number of hydrogen-bond donors (Lipinski definition) is 1. The van der Waals surface area contributed by atoms with Crippen LogP contribution in [0.5, 0.6) is 0 Å². The van der Waals surface area contributed by atoms with Crippen LogP contribution < -0.4 is 5.32 Å². The molecule has 1 amide bonds. The van der Waals surface area contributed by atoms with E-state index in [1.165, 1.54) is 0 Å². The molecule has 0 fully saturated rings. The van der Waals surface area contributed by atoms with Crippen LogP contribution in [0.3, 0.4) is 0 Å². The van der Waals surface area contributed by atoms with Gasteiger partial charge in [-0.2, -0.15) is 0 Å². The van der Waals surface area contributed by atoms with Gasteiger partial charge in [0.2, 0.25) is 0 Å². The first-order chi connectivity index (χ1) is 13.0. The Balaban J connectivity index is 1.65. The lowest BCUT2D eigenvalue weighted by molar-refractivity contribution is -0.112. The smallest absolute Gasteiger partial charge is 0.250 e. The molecule has 3 nitrogen and oxygen atoms in total. The summed E-state index contributed by atoms with van der Waals surface area (Å²) in [5.41, 5.74) is 2.56. The molecule has 0 aliphatic heterocycles. The number of rotatable bonds is 6. The number of ketones is 1. The molecule has 0 saturated heterocycles. The molecule has 0 radical (unpaired) electrons. The lowest BCUT2D eigenvalue weighted by atomic mass is 10.0. The standard InChI is InChI=1S/C23H19NO2S/c1-16(2)23(26)24-19-10-14-21(15-11-19)27-20-12-8-18(9-13-20)22(25)17-6-4-3-5-7-17/h3-15H,1H2,2H3,(H,24,26). The average molecular weight is 373 g/mol. The Bertz CT molecular complexity index is 962. The van der Waals surface area contributed by atoms with E-state index in [-0.39, 0.29) is 11.7 Å². The van der Waals surface area contributed by atoms with Crippen LogP contribution in [-0.2, 0) is 4.79 Å². The zero-order valence-electron chi connectivity index (χ0n) is 14.9. The normalized spacial score (nSPS) is 10.3. The first-order valence-electron chi connectivity index (χ1n) is 8.47. The number of anilines is 1. The monoisotopic (exact) mass is 373 g/mol. The summed E-state index contributed by atoms with van der Waals surface area (Å²) in [6.07, 6.45) is 0. The third kappa shape index (κ3) is 4.96. The van der Waals surface area contributed by atoms with Crippen LogP contribution in [0.4, 0.5) is 5.69 Å². The Labute approximate surface area is 163 Å². The van der Waals surface area contributed by atoms with Gasteiger partial charge in [-0.15, -0.1) is 0 Å². The molecule has 0 aromatic heterocycles. The summed E-state index contributed by atoms with van der Waals surface area (Å²) in [6.45, 7) is 5.30. The Morgan fingerprint density at radius 2 is 1.30 bits per heavy atom. The van der Waals surface area contributed by atoms with Crippen molar-refractivity contribution in [2.45, 2.75) is 16.7 Å². The summed E-state index contributed by atoms with van der Waals surface area (Å²) in [5.74, 6) is -0.168. The fourth-order valence-corrected chi connectivity index (χ4v) is 3.23. The fourth-order valence-electron chi connectivity index (χ4n) is 2.41. The van der Waals surface area contributed by atoms with Gasteiger partial charge in [-0.05, 0) is 55.5 Å². The topological polar surface area (TPSA) is 46.2 Å². The van der Waals surface area contributed by atoms with Gasteiger partial charge in [0.1, 0.15) is 0 Å². The molecule has 27 heavy (non-hydrogen) atoms. The highest BCUT2D eigenvalue weighted by Gasteiger charge is 2.08. The lowest BCUT2D eigenvalue weighted by Crippen LogP contribution is -2.11. The van der Waals surface area contributed by atoms with Crippen LogP contribution in [0.25, 0.3) is 0 Å². The molecule has 3 aromatic rings. The van der Waals surface area contributed by atoms with Crippen LogP contribution in [0.15, 0.2) is 101 Å². The molecule has 0 bridgehead atoms. The number of carbonyl (C=O) groups excluding carboxylic acids is 2. The predicted octanol–water partition coefficient (Wildman–Crippen LogP) is 5.58. The van der Waals surface area contributed by atoms with Gasteiger partial charge in [0.15, 0.2) is 5.78 Å². The van der Waals surface area contributed by atoms with Crippen molar-refractivity contribution >= 4 is 29.1 Å². The van der Waals surface area contributed by atoms with E-state index in [2.05, 4.69) is 11.9 Å². The third-order valence-corrected chi connectivity index (χ3v) is 4.90. The van der Waals surface area contributed by atoms with Crippen molar-refractivity contribution < 1.29 is 9.59 Å². The molecule has 3 rings (SSSR count). The van der Waals surface area contributed by atoms with Crippen LogP contribution in [0, 0.1) is 0 Å². The van der Waals surface area contributed by atoms with Crippen molar-refractivity contribution in [2.75, 3.05) is 5.32 Å². The summed E-state index contributed by atoms with van der Waals surface area (Å²) in [5, 5.41) is 2.78. The molecule has 0 aliphatic carbocycles. The van der Waals surface area contributed by atoms with E-state index >= 15 is 0 Å². The minimum atomic E-state index is -0.186. The zero-order valence-corrected chi connectivity index (χ0v) is 15.8. The van der Waals surface area contributed by atoms with Crippen molar-refractivity contribution in [3.8, 4) is 0 Å². The van der Waals surface area contributed by atoms with E-state index in [9.17, 15) is 9.59 Å². The van der Waals surface area contributed by atoms with Crippen molar-refractivity contribution in [3.05, 3.63) is 102 Å². The van der Waals surface area contributed by atoms with E-state index in [4.69, 9.17) is 0 Å². The SMILES string of the molecule is C=C(C)C(=O)Nc1ccc(Sc2ccc(C(=O)c3ccccc3)cc2)cc1. The molecule has 0 aliphatic rings. The third-order valence-electron chi connectivity index (χ3n) is 3.89. The number of nitrogens with one attached hydrogen (secondary N) is 1. The van der Waals surface area contributed by atoms with E-state index in [1.54, 1.807) is 18.7 Å². The van der Waals surface area contributed by atoms with E-state index in [0.29, 0.717) is 16.7 Å². The van der Waals surface area contributed by atoms with Gasteiger partial charge in [-0.25, -0.2) is 0 Å². The van der Waals surface area contributed by atoms with E-state index in [0.717, 1.165) is 15.5 Å². The van der Waals surface area contributed by atoms with Gasteiger partial charge in [-0.1, -0.05) is 48.7 Å². The molecule has 0 spiro atoms. The Hall–Kier alpha value is -3.11. The van der Waals surface area contributed by atoms with Gasteiger partial charge in [-0.3, -0.25) is 9.59 Å². The molecule has 1 N–H and O–H groups in total. The second-order valence-electron chi connectivity index (χ2n) is 6.08. The maximum Gasteiger partial charge on any atom is 0.250 e. The number of benzene rings is 3. The first-order valence-corrected chi connectivity index (χ1v) is 9.29. The Kier molecular flexibility index (Phi) is 5.89. The predicted molar refractivity (Wildman–Crippen MR) is 110 cm³/mol. The summed E-state index contributed by atoms with van der Waals surface area (Å²) >= 11 is 1.60. The minimum Gasteiger partial charge on any atom is -0.322 e. The van der Waals surface area contributed by atoms with Crippen molar-refractivity contribution in [1.82, 2.24) is 0 Å². The maximum atomic E-state index is 12.4. The van der Waals surface area contributed by atoms with E-state index < -0.39 is 0 Å². The summed E-state index contributed by atoms with van der Waals surface area (Å²) < 4.78 is 0. The number of hydrogen-bond acceptors (Lipinski definition) is 3. The summed E-state index contributed by atoms with van der Waals surface area (Å²) in [7, 11) is 0. The highest BCUT2D eigenvalue weighted by Crippen LogP contribution is 2.29.